The van der Waals surface area contributed by atoms with Crippen LogP contribution in [0, 0.1) is 0 Å². The molecule has 4 heteroatoms. The number of hydrogen-bond acceptors (Lipinski definition) is 2. The van der Waals surface area contributed by atoms with Crippen LogP contribution < -0.4 is 5.48 Å². The number of nitrogens with one attached hydrogen (secondary N) is 1. The van der Waals surface area contributed by atoms with Gasteiger partial charge < -0.3 is 5.21 Å². The lowest BCUT2D eigenvalue weighted by molar-refractivity contribution is 0.133. The second kappa shape index (κ2) is 4.10. The smallest absolute Gasteiger partial charge is 0.0555 e. The van der Waals surface area contributed by atoms with Gasteiger partial charge in [0.1, 0.15) is 0 Å². The van der Waals surface area contributed by atoms with E-state index in [0.29, 0.717) is 10.0 Å². The molecule has 0 radical (unpaired) electrons. The molecule has 0 spiro atoms. The van der Waals surface area contributed by atoms with Gasteiger partial charge in [0.05, 0.1) is 6.04 Å². The summed E-state index contributed by atoms with van der Waals surface area (Å²) >= 11 is 11.6. The van der Waals surface area contributed by atoms with E-state index in [2.05, 4.69) is 5.48 Å². The fourth-order valence-electron chi connectivity index (χ4n) is 0.922. The van der Waals surface area contributed by atoms with E-state index in [1.165, 1.54) is 0 Å². The molecule has 0 bridgehead atoms. The summed E-state index contributed by atoms with van der Waals surface area (Å²) in [5, 5.41) is 9.78. The van der Waals surface area contributed by atoms with E-state index >= 15 is 0 Å². The summed E-state index contributed by atoms with van der Waals surface area (Å²) in [5.41, 5.74) is 2.94. The van der Waals surface area contributed by atoms with Crippen molar-refractivity contribution in [2.24, 2.45) is 0 Å². The summed E-state index contributed by atoms with van der Waals surface area (Å²) in [5.74, 6) is 0. The fourth-order valence-corrected chi connectivity index (χ4v) is 1.49. The Hall–Kier alpha value is -0.280. The lowest BCUT2D eigenvalue weighted by Crippen LogP contribution is -2.13. The summed E-state index contributed by atoms with van der Waals surface area (Å²) < 4.78 is 0. The summed E-state index contributed by atoms with van der Waals surface area (Å²) in [6, 6.07) is 4.97. The Morgan fingerprint density at radius 3 is 2.58 bits per heavy atom. The largest absolute Gasteiger partial charge is 0.316 e. The average molecular weight is 206 g/mol. The van der Waals surface area contributed by atoms with Crippen molar-refractivity contribution >= 4 is 23.2 Å². The topological polar surface area (TPSA) is 32.3 Å². The van der Waals surface area contributed by atoms with Crippen molar-refractivity contribution in [3.05, 3.63) is 33.8 Å². The Morgan fingerprint density at radius 2 is 2.08 bits per heavy atom. The van der Waals surface area contributed by atoms with E-state index in [0.717, 1.165) is 5.56 Å². The first kappa shape index (κ1) is 9.81. The fraction of sp³-hybridized carbons (Fsp3) is 0.250. The minimum atomic E-state index is -0.185. The molecule has 1 aromatic rings. The van der Waals surface area contributed by atoms with Crippen molar-refractivity contribution in [1.29, 1.82) is 0 Å². The van der Waals surface area contributed by atoms with Gasteiger partial charge in [-0.3, -0.25) is 0 Å². The first-order valence-electron chi connectivity index (χ1n) is 3.49. The van der Waals surface area contributed by atoms with E-state index < -0.39 is 0 Å². The van der Waals surface area contributed by atoms with Crippen LogP contribution >= 0.6 is 23.2 Å². The molecule has 12 heavy (non-hydrogen) atoms. The third-order valence-corrected chi connectivity index (χ3v) is 2.19. The minimum Gasteiger partial charge on any atom is -0.316 e. The summed E-state index contributed by atoms with van der Waals surface area (Å²) in [6.07, 6.45) is 0. The highest BCUT2D eigenvalue weighted by atomic mass is 35.5. The molecule has 0 amide bonds. The highest BCUT2D eigenvalue weighted by Gasteiger charge is 2.07. The molecule has 0 aliphatic rings. The van der Waals surface area contributed by atoms with E-state index in [-0.39, 0.29) is 6.04 Å². The highest BCUT2D eigenvalue weighted by Crippen LogP contribution is 2.25. The van der Waals surface area contributed by atoms with Gasteiger partial charge in [0.15, 0.2) is 0 Å². The molecule has 0 fully saturated rings. The molecule has 0 saturated heterocycles. The zero-order chi connectivity index (χ0) is 9.14. The van der Waals surface area contributed by atoms with Crippen molar-refractivity contribution in [2.75, 3.05) is 0 Å². The maximum Gasteiger partial charge on any atom is 0.0555 e. The van der Waals surface area contributed by atoms with Crippen LogP contribution in [0.5, 0.6) is 0 Å². The van der Waals surface area contributed by atoms with E-state index in [9.17, 15) is 0 Å². The molecular weight excluding hydrogens is 197 g/mol. The minimum absolute atomic E-state index is 0.185. The third kappa shape index (κ3) is 2.11. The number of rotatable bonds is 2. The van der Waals surface area contributed by atoms with Crippen LogP contribution in [-0.2, 0) is 0 Å². The first-order valence-corrected chi connectivity index (χ1v) is 4.25. The molecule has 0 aliphatic heterocycles. The van der Waals surface area contributed by atoms with Crippen molar-refractivity contribution in [2.45, 2.75) is 13.0 Å². The van der Waals surface area contributed by atoms with Crippen LogP contribution in [0.1, 0.15) is 18.5 Å². The predicted molar refractivity (Wildman–Crippen MR) is 49.8 cm³/mol. The van der Waals surface area contributed by atoms with Gasteiger partial charge in [0.2, 0.25) is 0 Å². The molecule has 2 N–H and O–H groups in total. The number of halogens is 2. The zero-order valence-corrected chi connectivity index (χ0v) is 8.02. The van der Waals surface area contributed by atoms with Gasteiger partial charge in [-0.05, 0) is 24.6 Å². The van der Waals surface area contributed by atoms with Crippen molar-refractivity contribution in [3.8, 4) is 0 Å². The lowest BCUT2D eigenvalue weighted by atomic mass is 10.1. The number of hydrogen-bond donors (Lipinski definition) is 2. The second-order valence-corrected chi connectivity index (χ2v) is 3.36. The molecule has 0 aromatic heterocycles. The van der Waals surface area contributed by atoms with E-state index in [1.54, 1.807) is 25.1 Å². The summed E-state index contributed by atoms with van der Waals surface area (Å²) in [7, 11) is 0. The maximum absolute atomic E-state index is 8.64. The quantitative estimate of drug-likeness (QED) is 0.729. The third-order valence-electron chi connectivity index (χ3n) is 1.62. The van der Waals surface area contributed by atoms with Gasteiger partial charge in [-0.2, -0.15) is 5.48 Å². The SMILES string of the molecule is CC(NO)c1ccc(Cl)cc1Cl. The Bertz CT molecular complexity index is 278. The maximum atomic E-state index is 8.64. The van der Waals surface area contributed by atoms with E-state index in [4.69, 9.17) is 28.4 Å². The molecule has 2 nitrogen and oxygen atoms in total. The van der Waals surface area contributed by atoms with Crippen LogP contribution in [0.15, 0.2) is 18.2 Å². The van der Waals surface area contributed by atoms with Crippen LogP contribution in [0.25, 0.3) is 0 Å². The molecule has 0 aliphatic carbocycles. The van der Waals surface area contributed by atoms with Crippen LogP contribution in [0.2, 0.25) is 10.0 Å². The Balaban J connectivity index is 3.01. The molecular formula is C8H9Cl2NO. The monoisotopic (exact) mass is 205 g/mol. The number of benzene rings is 1. The standard InChI is InChI=1S/C8H9Cl2NO/c1-5(11-12)7-3-2-6(9)4-8(7)10/h2-5,11-12H,1H3. The lowest BCUT2D eigenvalue weighted by Gasteiger charge is -2.10. The van der Waals surface area contributed by atoms with Gasteiger partial charge in [0.25, 0.3) is 0 Å². The van der Waals surface area contributed by atoms with Crippen LogP contribution in [0.3, 0.4) is 0 Å². The average Bonchev–Trinajstić information content (AvgIpc) is 2.03. The molecule has 1 rings (SSSR count). The first-order chi connectivity index (χ1) is 5.65. The van der Waals surface area contributed by atoms with Crippen LogP contribution in [0.4, 0.5) is 0 Å². The molecule has 66 valence electrons. The molecule has 0 heterocycles. The Labute approximate surface area is 81.1 Å². The van der Waals surface area contributed by atoms with Crippen LogP contribution in [-0.4, -0.2) is 5.21 Å². The number of hydroxylamine groups is 1. The summed E-state index contributed by atoms with van der Waals surface area (Å²) in [4.78, 5) is 0. The molecule has 1 aromatic carbocycles. The molecule has 1 atom stereocenters. The van der Waals surface area contributed by atoms with Gasteiger partial charge in [-0.15, -0.1) is 0 Å². The highest BCUT2D eigenvalue weighted by molar-refractivity contribution is 6.35. The Morgan fingerprint density at radius 1 is 1.42 bits per heavy atom. The predicted octanol–water partition coefficient (Wildman–Crippen LogP) is 3.03. The van der Waals surface area contributed by atoms with Crippen molar-refractivity contribution < 1.29 is 5.21 Å². The normalized spacial score (nSPS) is 13.0. The van der Waals surface area contributed by atoms with Crippen molar-refractivity contribution in [3.63, 3.8) is 0 Å². The second-order valence-electron chi connectivity index (χ2n) is 2.52. The Kier molecular flexibility index (Phi) is 3.35. The molecule has 0 saturated carbocycles. The van der Waals surface area contributed by atoms with Gasteiger partial charge in [0, 0.05) is 10.0 Å². The summed E-state index contributed by atoms with van der Waals surface area (Å²) in [6.45, 7) is 1.80. The van der Waals surface area contributed by atoms with Gasteiger partial charge in [-0.1, -0.05) is 29.3 Å². The van der Waals surface area contributed by atoms with E-state index in [1.807, 2.05) is 0 Å². The van der Waals surface area contributed by atoms with Gasteiger partial charge in [-0.25, -0.2) is 0 Å². The van der Waals surface area contributed by atoms with Gasteiger partial charge >= 0.3 is 0 Å². The van der Waals surface area contributed by atoms with Crippen molar-refractivity contribution in [1.82, 2.24) is 5.48 Å². The molecule has 1 unspecified atom stereocenters. The zero-order valence-electron chi connectivity index (χ0n) is 6.51.